The maximum Gasteiger partial charge on any atom is 0.522 e. The van der Waals surface area contributed by atoms with Crippen molar-refractivity contribution in [2.75, 3.05) is 13.1 Å². The number of aromatic amines is 1. The third kappa shape index (κ3) is 6.12. The van der Waals surface area contributed by atoms with Crippen LogP contribution in [0.2, 0.25) is 0 Å². The number of likely N-dealkylation sites (tertiary alicyclic amines) is 1. The molecule has 1 aliphatic rings. The Morgan fingerprint density at radius 3 is 2.25 bits per heavy atom. The van der Waals surface area contributed by atoms with Gasteiger partial charge in [0.1, 0.15) is 17.1 Å². The van der Waals surface area contributed by atoms with Crippen molar-refractivity contribution in [3.63, 3.8) is 0 Å². The lowest BCUT2D eigenvalue weighted by molar-refractivity contribution is -0.355. The topological polar surface area (TPSA) is 87.7 Å². The monoisotopic (exact) mass is 609 g/mol. The van der Waals surface area contributed by atoms with Crippen molar-refractivity contribution in [2.24, 2.45) is 0 Å². The second-order valence-electron chi connectivity index (χ2n) is 10.5. The normalized spacial score (nSPS) is 14.1. The van der Waals surface area contributed by atoms with E-state index in [0.717, 1.165) is 22.8 Å². The number of aromatic carboxylic acids is 1. The third-order valence-electron chi connectivity index (χ3n) is 7.39. The van der Waals surface area contributed by atoms with Crippen LogP contribution in [0.3, 0.4) is 0 Å². The molecule has 12 heteroatoms. The maximum absolute atomic E-state index is 15.6. The van der Waals surface area contributed by atoms with E-state index >= 15 is 8.78 Å². The van der Waals surface area contributed by atoms with E-state index < -0.39 is 30.1 Å². The van der Waals surface area contributed by atoms with E-state index in [9.17, 15) is 23.1 Å². The van der Waals surface area contributed by atoms with Crippen LogP contribution in [-0.4, -0.2) is 51.5 Å². The highest BCUT2D eigenvalue weighted by molar-refractivity contribution is 5.90. The van der Waals surface area contributed by atoms with Gasteiger partial charge >= 0.3 is 12.3 Å². The quantitative estimate of drug-likeness (QED) is 0.175. The van der Waals surface area contributed by atoms with Gasteiger partial charge in [-0.3, -0.25) is 9.64 Å². The highest BCUT2D eigenvalue weighted by Gasteiger charge is 2.39. The van der Waals surface area contributed by atoms with Gasteiger partial charge in [0.25, 0.3) is 6.01 Å². The molecule has 7 nitrogen and oxygen atoms in total. The molecule has 0 spiro atoms. The maximum atomic E-state index is 15.6. The fourth-order valence-electron chi connectivity index (χ4n) is 5.18. The van der Waals surface area contributed by atoms with Crippen LogP contribution >= 0.6 is 0 Å². The van der Waals surface area contributed by atoms with Crippen LogP contribution in [0.25, 0.3) is 33.3 Å². The number of carboxylic acids is 1. The highest BCUT2D eigenvalue weighted by atomic mass is 19.4. The second kappa shape index (κ2) is 11.4. The van der Waals surface area contributed by atoms with Gasteiger partial charge in [-0.1, -0.05) is 54.6 Å². The van der Waals surface area contributed by atoms with Crippen LogP contribution in [0.15, 0.2) is 72.8 Å². The SMILES string of the molecule is Cc1ccc(Oc2nc3c(F)c(-c4ccc(-c5ccc(CN6CC(OC(F)(F)F)C6)cc5)cc4)c(F)cc3[nH]2)cc1C(=O)O. The van der Waals surface area contributed by atoms with Crippen molar-refractivity contribution in [2.45, 2.75) is 25.9 Å². The van der Waals surface area contributed by atoms with Crippen molar-refractivity contribution in [1.82, 2.24) is 14.9 Å². The first-order valence-electron chi connectivity index (χ1n) is 13.5. The number of benzene rings is 4. The zero-order valence-electron chi connectivity index (χ0n) is 23.1. The molecular weight excluding hydrogens is 585 g/mol. The van der Waals surface area contributed by atoms with E-state index in [4.69, 9.17) is 4.74 Å². The number of ether oxygens (including phenoxy) is 2. The number of aromatic nitrogens is 2. The number of alkyl halides is 3. The summed E-state index contributed by atoms with van der Waals surface area (Å²) in [6.07, 6.45) is -5.48. The third-order valence-corrected chi connectivity index (χ3v) is 7.39. The molecule has 2 heterocycles. The minimum absolute atomic E-state index is 0.0423. The molecule has 2 N–H and O–H groups in total. The Labute approximate surface area is 247 Å². The number of imidazole rings is 1. The summed E-state index contributed by atoms with van der Waals surface area (Å²) < 4.78 is 77.3. The van der Waals surface area contributed by atoms with Gasteiger partial charge in [0.2, 0.25) is 0 Å². The van der Waals surface area contributed by atoms with Crippen molar-refractivity contribution in [3.05, 3.63) is 101 Å². The molecule has 4 aromatic carbocycles. The Bertz CT molecular complexity index is 1850. The zero-order chi connectivity index (χ0) is 31.2. The number of hydrogen-bond acceptors (Lipinski definition) is 5. The minimum Gasteiger partial charge on any atom is -0.478 e. The smallest absolute Gasteiger partial charge is 0.478 e. The van der Waals surface area contributed by atoms with Gasteiger partial charge in [-0.2, -0.15) is 4.98 Å². The first-order chi connectivity index (χ1) is 20.9. The summed E-state index contributed by atoms with van der Waals surface area (Å²) in [6, 6.07) is 19.6. The minimum atomic E-state index is -4.63. The van der Waals surface area contributed by atoms with Crippen LogP contribution in [-0.2, 0) is 11.3 Å². The Morgan fingerprint density at radius 1 is 0.977 bits per heavy atom. The summed E-state index contributed by atoms with van der Waals surface area (Å²) in [5.41, 5.74) is 3.14. The van der Waals surface area contributed by atoms with E-state index in [-0.39, 0.29) is 47.0 Å². The molecule has 5 aromatic rings. The summed E-state index contributed by atoms with van der Waals surface area (Å²) in [4.78, 5) is 20.1. The molecule has 0 saturated carbocycles. The zero-order valence-corrected chi connectivity index (χ0v) is 23.1. The number of aryl methyl sites for hydroxylation is 1. The predicted molar refractivity (Wildman–Crippen MR) is 151 cm³/mol. The lowest BCUT2D eigenvalue weighted by atomic mass is 9.98. The van der Waals surface area contributed by atoms with Crippen LogP contribution < -0.4 is 4.74 Å². The number of hydrogen-bond donors (Lipinski definition) is 2. The standard InChI is InChI=1S/C32H24F5N3O4/c1-17-2-11-22(12-24(17)30(41)42)43-31-38-26-13-25(33)27(28(34)29(26)39-31)21-9-7-20(8-10-21)19-5-3-18(4-6-19)14-40-15-23(16-40)44-32(35,36)37/h2-13,23H,14-16H2,1H3,(H,38,39)(H,41,42). The molecule has 226 valence electrons. The average molecular weight is 610 g/mol. The van der Waals surface area contributed by atoms with Crippen LogP contribution in [0.4, 0.5) is 22.0 Å². The summed E-state index contributed by atoms with van der Waals surface area (Å²) in [5, 5.41) is 9.34. The van der Waals surface area contributed by atoms with Crippen molar-refractivity contribution >= 4 is 17.0 Å². The van der Waals surface area contributed by atoms with Gasteiger partial charge in [0.15, 0.2) is 5.82 Å². The number of halogens is 5. The van der Waals surface area contributed by atoms with Crippen molar-refractivity contribution < 1.29 is 41.3 Å². The molecule has 6 rings (SSSR count). The predicted octanol–water partition coefficient (Wildman–Crippen LogP) is 7.69. The number of carboxylic acid groups (broad SMARTS) is 1. The Morgan fingerprint density at radius 2 is 1.61 bits per heavy atom. The number of H-pyrrole nitrogens is 1. The molecule has 1 fully saturated rings. The molecule has 0 bridgehead atoms. The van der Waals surface area contributed by atoms with Gasteiger partial charge in [-0.15, -0.1) is 13.2 Å². The van der Waals surface area contributed by atoms with Crippen LogP contribution in [0.5, 0.6) is 11.8 Å². The Balaban J connectivity index is 1.16. The number of fused-ring (bicyclic) bond motifs is 1. The molecule has 0 amide bonds. The lowest BCUT2D eigenvalue weighted by Gasteiger charge is -2.39. The molecule has 0 atom stereocenters. The first kappa shape index (κ1) is 29.3. The van der Waals surface area contributed by atoms with E-state index in [2.05, 4.69) is 14.7 Å². The molecule has 44 heavy (non-hydrogen) atoms. The number of carbonyl (C=O) groups is 1. The van der Waals surface area contributed by atoms with Crippen LogP contribution in [0.1, 0.15) is 21.5 Å². The van der Waals surface area contributed by atoms with Gasteiger partial charge < -0.3 is 14.8 Å². The highest BCUT2D eigenvalue weighted by Crippen LogP contribution is 2.34. The van der Waals surface area contributed by atoms with Gasteiger partial charge in [-0.05, 0) is 46.9 Å². The van der Waals surface area contributed by atoms with E-state index in [0.29, 0.717) is 17.7 Å². The molecular formula is C32H24F5N3O4. The molecule has 1 aromatic heterocycles. The number of nitrogens with one attached hydrogen (secondary N) is 1. The molecule has 1 saturated heterocycles. The lowest BCUT2D eigenvalue weighted by Crippen LogP contribution is -2.53. The molecule has 0 aliphatic carbocycles. The van der Waals surface area contributed by atoms with E-state index in [1.807, 2.05) is 29.2 Å². The first-order valence-corrected chi connectivity index (χ1v) is 13.5. The van der Waals surface area contributed by atoms with Crippen LogP contribution in [0, 0.1) is 18.6 Å². The van der Waals surface area contributed by atoms with E-state index in [1.165, 1.54) is 6.07 Å². The second-order valence-corrected chi connectivity index (χ2v) is 10.5. The van der Waals surface area contributed by atoms with Gasteiger partial charge in [-0.25, -0.2) is 13.6 Å². The average Bonchev–Trinajstić information content (AvgIpc) is 3.35. The fourth-order valence-corrected chi connectivity index (χ4v) is 5.18. The Hall–Kier alpha value is -4.81. The Kier molecular flexibility index (Phi) is 7.56. The number of rotatable bonds is 8. The van der Waals surface area contributed by atoms with Gasteiger partial charge in [0, 0.05) is 25.7 Å². The number of nitrogens with zero attached hydrogens (tertiary/aromatic N) is 2. The molecule has 1 aliphatic heterocycles. The summed E-state index contributed by atoms with van der Waals surface area (Å²) in [5.74, 6) is -2.64. The van der Waals surface area contributed by atoms with E-state index in [1.54, 1.807) is 43.3 Å². The molecule has 0 radical (unpaired) electrons. The van der Waals surface area contributed by atoms with Crippen molar-refractivity contribution in [1.29, 1.82) is 0 Å². The summed E-state index contributed by atoms with van der Waals surface area (Å²) in [7, 11) is 0. The summed E-state index contributed by atoms with van der Waals surface area (Å²) in [6.45, 7) is 2.54. The molecule has 0 unspecified atom stereocenters. The largest absolute Gasteiger partial charge is 0.522 e. The van der Waals surface area contributed by atoms with Crippen molar-refractivity contribution in [3.8, 4) is 34.0 Å². The van der Waals surface area contributed by atoms with Gasteiger partial charge in [0.05, 0.1) is 22.7 Å². The summed E-state index contributed by atoms with van der Waals surface area (Å²) >= 11 is 0. The fraction of sp³-hybridized carbons (Fsp3) is 0.188.